The Morgan fingerprint density at radius 2 is 1.71 bits per heavy atom. The first-order valence-electron chi connectivity index (χ1n) is 8.33. The van der Waals surface area contributed by atoms with Gasteiger partial charge in [0.2, 0.25) is 6.29 Å². The maximum absolute atomic E-state index is 11.8. The van der Waals surface area contributed by atoms with E-state index in [-0.39, 0.29) is 18.9 Å². The highest BCUT2D eigenvalue weighted by atomic mass is 16.7. The molecule has 2 unspecified atom stereocenters. The zero-order chi connectivity index (χ0) is 18.9. The first kappa shape index (κ1) is 22.2. The molecule has 0 aliphatic rings. The van der Waals surface area contributed by atoms with Crippen LogP contribution in [-0.4, -0.2) is 36.0 Å². The molecule has 0 saturated carbocycles. The number of hydrogen-bond donors (Lipinski definition) is 2. The standard InChI is InChI=1S/C17H31NO6/c1-7-14(23-15(21)17(4,5)6)24-16(22)18-10-12(8-11(2)3)9-13(19)20/h11-12,14H,7-10H2,1-6H3,(H,18,22)(H,19,20). The summed E-state index contributed by atoms with van der Waals surface area (Å²) in [5, 5.41) is 11.5. The van der Waals surface area contributed by atoms with Crippen LogP contribution in [-0.2, 0) is 19.1 Å². The maximum atomic E-state index is 11.8. The van der Waals surface area contributed by atoms with E-state index in [2.05, 4.69) is 5.32 Å². The van der Waals surface area contributed by atoms with Gasteiger partial charge in [-0.3, -0.25) is 9.59 Å². The molecule has 0 radical (unpaired) electrons. The van der Waals surface area contributed by atoms with Gasteiger partial charge >= 0.3 is 18.0 Å². The van der Waals surface area contributed by atoms with Gasteiger partial charge in [-0.25, -0.2) is 4.79 Å². The number of carbonyl (C=O) groups is 3. The van der Waals surface area contributed by atoms with Crippen molar-refractivity contribution in [2.75, 3.05) is 6.54 Å². The molecule has 2 atom stereocenters. The van der Waals surface area contributed by atoms with Gasteiger partial charge in [0.25, 0.3) is 0 Å². The second-order valence-corrected chi connectivity index (χ2v) is 7.37. The Hall–Kier alpha value is -1.79. The van der Waals surface area contributed by atoms with Gasteiger partial charge in [0.1, 0.15) is 0 Å². The molecular formula is C17H31NO6. The third-order valence-electron chi connectivity index (χ3n) is 3.23. The molecule has 0 heterocycles. The summed E-state index contributed by atoms with van der Waals surface area (Å²) < 4.78 is 10.2. The molecule has 7 nitrogen and oxygen atoms in total. The van der Waals surface area contributed by atoms with Gasteiger partial charge < -0.3 is 19.9 Å². The lowest BCUT2D eigenvalue weighted by Gasteiger charge is -2.23. The van der Waals surface area contributed by atoms with Crippen LogP contribution in [0.5, 0.6) is 0 Å². The number of rotatable bonds is 9. The van der Waals surface area contributed by atoms with Crippen molar-refractivity contribution in [1.82, 2.24) is 5.32 Å². The van der Waals surface area contributed by atoms with Crippen LogP contribution in [0.3, 0.4) is 0 Å². The van der Waals surface area contributed by atoms with Crippen molar-refractivity contribution >= 4 is 18.0 Å². The number of amides is 1. The fraction of sp³-hybridized carbons (Fsp3) is 0.824. The molecule has 0 fully saturated rings. The highest BCUT2D eigenvalue weighted by molar-refractivity contribution is 5.75. The molecule has 7 heteroatoms. The van der Waals surface area contributed by atoms with Crippen LogP contribution in [0.4, 0.5) is 4.79 Å². The van der Waals surface area contributed by atoms with Gasteiger partial charge in [0.05, 0.1) is 5.41 Å². The number of carbonyl (C=O) groups excluding carboxylic acids is 2. The van der Waals surface area contributed by atoms with Crippen molar-refractivity contribution < 1.29 is 29.0 Å². The SMILES string of the molecule is CCC(OC(=O)NCC(CC(=O)O)CC(C)C)OC(=O)C(C)(C)C. The topological polar surface area (TPSA) is 102 Å². The van der Waals surface area contributed by atoms with Crippen LogP contribution in [0.2, 0.25) is 0 Å². The fourth-order valence-corrected chi connectivity index (χ4v) is 2.03. The molecule has 0 aliphatic heterocycles. The van der Waals surface area contributed by atoms with Gasteiger partial charge in [-0.05, 0) is 39.0 Å². The van der Waals surface area contributed by atoms with Crippen LogP contribution < -0.4 is 5.32 Å². The molecule has 0 aliphatic carbocycles. The van der Waals surface area contributed by atoms with Gasteiger partial charge in [0, 0.05) is 19.4 Å². The van der Waals surface area contributed by atoms with Gasteiger partial charge in [-0.1, -0.05) is 20.8 Å². The third kappa shape index (κ3) is 10.1. The van der Waals surface area contributed by atoms with E-state index in [1.165, 1.54) is 0 Å². The normalized spacial score (nSPS) is 14.0. The highest BCUT2D eigenvalue weighted by Gasteiger charge is 2.27. The number of carboxylic acid groups (broad SMARTS) is 1. The summed E-state index contributed by atoms with van der Waals surface area (Å²) in [7, 11) is 0. The smallest absolute Gasteiger partial charge is 0.410 e. The van der Waals surface area contributed by atoms with E-state index >= 15 is 0 Å². The predicted molar refractivity (Wildman–Crippen MR) is 89.3 cm³/mol. The van der Waals surface area contributed by atoms with Crippen molar-refractivity contribution in [3.05, 3.63) is 0 Å². The second-order valence-electron chi connectivity index (χ2n) is 7.37. The maximum Gasteiger partial charge on any atom is 0.410 e. The molecule has 0 saturated heterocycles. The summed E-state index contributed by atoms with van der Waals surface area (Å²) in [5.41, 5.74) is -0.683. The quantitative estimate of drug-likeness (QED) is 0.491. The van der Waals surface area contributed by atoms with E-state index in [0.717, 1.165) is 0 Å². The molecule has 0 aromatic rings. The Kier molecular flexibility index (Phi) is 9.40. The van der Waals surface area contributed by atoms with Crippen LogP contribution in [0.25, 0.3) is 0 Å². The van der Waals surface area contributed by atoms with Crippen molar-refractivity contribution in [1.29, 1.82) is 0 Å². The fourth-order valence-electron chi connectivity index (χ4n) is 2.03. The molecule has 24 heavy (non-hydrogen) atoms. The van der Waals surface area contributed by atoms with Crippen molar-refractivity contribution in [2.24, 2.45) is 17.3 Å². The molecule has 2 N–H and O–H groups in total. The number of carboxylic acids is 1. The summed E-state index contributed by atoms with van der Waals surface area (Å²) in [6.45, 7) is 11.1. The number of aliphatic carboxylic acids is 1. The van der Waals surface area contributed by atoms with E-state index in [4.69, 9.17) is 14.6 Å². The lowest BCUT2D eigenvalue weighted by molar-refractivity contribution is -0.177. The first-order valence-corrected chi connectivity index (χ1v) is 8.33. The minimum atomic E-state index is -0.959. The largest absolute Gasteiger partial charge is 0.481 e. The van der Waals surface area contributed by atoms with E-state index < -0.39 is 29.7 Å². The minimum absolute atomic E-state index is 0.0192. The summed E-state index contributed by atoms with van der Waals surface area (Å²) in [5.74, 6) is -1.21. The van der Waals surface area contributed by atoms with Gasteiger partial charge in [-0.2, -0.15) is 0 Å². The average molecular weight is 345 g/mol. The predicted octanol–water partition coefficient (Wildman–Crippen LogP) is 3.18. The van der Waals surface area contributed by atoms with Crippen molar-refractivity contribution in [2.45, 2.75) is 67.1 Å². The Morgan fingerprint density at radius 1 is 1.12 bits per heavy atom. The molecule has 0 spiro atoms. The second kappa shape index (κ2) is 10.2. The van der Waals surface area contributed by atoms with E-state index in [9.17, 15) is 14.4 Å². The van der Waals surface area contributed by atoms with Crippen LogP contribution in [0, 0.1) is 17.3 Å². The third-order valence-corrected chi connectivity index (χ3v) is 3.23. The number of ether oxygens (including phenoxy) is 2. The summed E-state index contributed by atoms with van der Waals surface area (Å²) in [6, 6.07) is 0. The number of esters is 1. The zero-order valence-corrected chi connectivity index (χ0v) is 15.5. The molecule has 0 rings (SSSR count). The number of hydrogen-bond acceptors (Lipinski definition) is 5. The van der Waals surface area contributed by atoms with Crippen LogP contribution >= 0.6 is 0 Å². The minimum Gasteiger partial charge on any atom is -0.481 e. The first-order chi connectivity index (χ1) is 11.0. The van der Waals surface area contributed by atoms with Gasteiger partial charge in [-0.15, -0.1) is 0 Å². The molecule has 140 valence electrons. The summed E-state index contributed by atoms with van der Waals surface area (Å²) >= 11 is 0. The summed E-state index contributed by atoms with van der Waals surface area (Å²) in [6.07, 6.45) is -0.681. The number of nitrogens with one attached hydrogen (secondary N) is 1. The zero-order valence-electron chi connectivity index (χ0n) is 15.5. The van der Waals surface area contributed by atoms with Crippen molar-refractivity contribution in [3.8, 4) is 0 Å². The number of alkyl carbamates (subject to hydrolysis) is 1. The lowest BCUT2D eigenvalue weighted by Crippen LogP contribution is -2.36. The Labute approximate surface area is 144 Å². The van der Waals surface area contributed by atoms with Crippen molar-refractivity contribution in [3.63, 3.8) is 0 Å². The van der Waals surface area contributed by atoms with Crippen LogP contribution in [0.15, 0.2) is 0 Å². The molecule has 0 aromatic carbocycles. The average Bonchev–Trinajstić information content (AvgIpc) is 2.41. The van der Waals surface area contributed by atoms with E-state index in [1.807, 2.05) is 13.8 Å². The summed E-state index contributed by atoms with van der Waals surface area (Å²) in [4.78, 5) is 34.5. The Balaban J connectivity index is 4.47. The van der Waals surface area contributed by atoms with Crippen LogP contribution in [0.1, 0.15) is 60.8 Å². The van der Waals surface area contributed by atoms with E-state index in [0.29, 0.717) is 18.8 Å². The Morgan fingerprint density at radius 3 is 2.12 bits per heavy atom. The molecule has 0 bridgehead atoms. The molecular weight excluding hydrogens is 314 g/mol. The highest BCUT2D eigenvalue weighted by Crippen LogP contribution is 2.18. The Bertz CT molecular complexity index is 427. The van der Waals surface area contributed by atoms with Gasteiger partial charge in [0.15, 0.2) is 0 Å². The molecule has 1 amide bonds. The molecule has 0 aromatic heterocycles. The lowest BCUT2D eigenvalue weighted by atomic mass is 9.94. The monoisotopic (exact) mass is 345 g/mol. The van der Waals surface area contributed by atoms with E-state index in [1.54, 1.807) is 27.7 Å².